The quantitative estimate of drug-likeness (QED) is 0.260. The van der Waals surface area contributed by atoms with Crippen molar-refractivity contribution in [3.05, 3.63) is 125 Å². The number of amides is 2. The van der Waals surface area contributed by atoms with Crippen molar-refractivity contribution < 1.29 is 28.6 Å². The monoisotopic (exact) mass is 633 g/mol. The number of ether oxygens (including phenoxy) is 3. The topological polar surface area (TPSA) is 97.4 Å². The SMILES string of the molecule is COc1ccc(C2C(C(=O)c3ccccc3)C(c3ccccc3)C(C(=O)N3CCNCC3)N2C(=O)c2ccc(OC)c(OC)c2)cc1. The molecule has 0 aliphatic carbocycles. The van der Waals surface area contributed by atoms with Gasteiger partial charge in [0.1, 0.15) is 11.8 Å². The van der Waals surface area contributed by atoms with Gasteiger partial charge in [-0.1, -0.05) is 72.8 Å². The van der Waals surface area contributed by atoms with Crippen LogP contribution in [0.15, 0.2) is 103 Å². The van der Waals surface area contributed by atoms with Crippen molar-refractivity contribution in [1.82, 2.24) is 15.1 Å². The van der Waals surface area contributed by atoms with E-state index in [2.05, 4.69) is 5.32 Å². The fraction of sp³-hybridized carbons (Fsp3) is 0.289. The second kappa shape index (κ2) is 14.1. The lowest BCUT2D eigenvalue weighted by Gasteiger charge is -2.36. The van der Waals surface area contributed by atoms with Crippen LogP contribution in [0, 0.1) is 5.92 Å². The van der Waals surface area contributed by atoms with Gasteiger partial charge in [0.25, 0.3) is 5.91 Å². The van der Waals surface area contributed by atoms with Gasteiger partial charge in [-0.05, 0) is 41.5 Å². The molecular formula is C38H39N3O6. The average molecular weight is 634 g/mol. The van der Waals surface area contributed by atoms with Crippen LogP contribution in [0.3, 0.4) is 0 Å². The molecule has 2 heterocycles. The van der Waals surface area contributed by atoms with Crippen LogP contribution in [0.4, 0.5) is 0 Å². The highest BCUT2D eigenvalue weighted by atomic mass is 16.5. The average Bonchev–Trinajstić information content (AvgIpc) is 3.50. The van der Waals surface area contributed by atoms with Gasteiger partial charge in [-0.25, -0.2) is 0 Å². The number of hydrogen-bond donors (Lipinski definition) is 1. The predicted octanol–water partition coefficient (Wildman–Crippen LogP) is 4.99. The normalized spacial score (nSPS) is 20.8. The lowest BCUT2D eigenvalue weighted by atomic mass is 9.76. The number of rotatable bonds is 9. The first kappa shape index (κ1) is 31.8. The number of ketones is 1. The Morgan fingerprint density at radius 3 is 1.94 bits per heavy atom. The molecule has 2 aliphatic heterocycles. The number of Topliss-reactive ketones (excluding diaryl/α,β-unsaturated/α-hetero) is 1. The van der Waals surface area contributed by atoms with E-state index >= 15 is 4.79 Å². The molecule has 4 aromatic rings. The minimum Gasteiger partial charge on any atom is -0.497 e. The highest BCUT2D eigenvalue weighted by Crippen LogP contribution is 2.52. The van der Waals surface area contributed by atoms with Gasteiger partial charge in [0.05, 0.1) is 33.3 Å². The number of likely N-dealkylation sites (tertiary alicyclic amines) is 1. The van der Waals surface area contributed by atoms with E-state index in [1.54, 1.807) is 42.3 Å². The fourth-order valence-electron chi connectivity index (χ4n) is 6.96. The first-order valence-electron chi connectivity index (χ1n) is 15.8. The van der Waals surface area contributed by atoms with Gasteiger partial charge < -0.3 is 29.3 Å². The van der Waals surface area contributed by atoms with Gasteiger partial charge in [-0.2, -0.15) is 0 Å². The largest absolute Gasteiger partial charge is 0.497 e. The second-order valence-corrected chi connectivity index (χ2v) is 11.7. The Morgan fingerprint density at radius 1 is 0.681 bits per heavy atom. The molecule has 4 atom stereocenters. The minimum absolute atomic E-state index is 0.138. The van der Waals surface area contributed by atoms with E-state index in [1.165, 1.54) is 14.2 Å². The van der Waals surface area contributed by atoms with E-state index in [4.69, 9.17) is 14.2 Å². The van der Waals surface area contributed by atoms with Gasteiger partial charge in [0.2, 0.25) is 5.91 Å². The molecule has 2 amide bonds. The number of methoxy groups -OCH3 is 3. The number of hydrogen-bond acceptors (Lipinski definition) is 7. The molecule has 0 bridgehead atoms. The van der Waals surface area contributed by atoms with Crippen LogP contribution in [-0.2, 0) is 4.79 Å². The molecule has 0 saturated carbocycles. The first-order chi connectivity index (χ1) is 23.0. The van der Waals surface area contributed by atoms with Crippen LogP contribution in [0.25, 0.3) is 0 Å². The molecule has 9 heteroatoms. The van der Waals surface area contributed by atoms with Crippen molar-refractivity contribution in [3.8, 4) is 17.2 Å². The summed E-state index contributed by atoms with van der Waals surface area (Å²) in [5, 5.41) is 3.31. The van der Waals surface area contributed by atoms with Crippen molar-refractivity contribution in [3.63, 3.8) is 0 Å². The summed E-state index contributed by atoms with van der Waals surface area (Å²) in [6.45, 7) is 2.29. The van der Waals surface area contributed by atoms with E-state index in [-0.39, 0.29) is 17.6 Å². The summed E-state index contributed by atoms with van der Waals surface area (Å²) in [6, 6.07) is 29.4. The Balaban J connectivity index is 1.61. The molecule has 4 aromatic carbocycles. The molecule has 6 rings (SSSR count). The van der Waals surface area contributed by atoms with Gasteiger partial charge >= 0.3 is 0 Å². The number of carbonyl (C=O) groups is 3. The Hall–Kier alpha value is -5.15. The van der Waals surface area contributed by atoms with Crippen LogP contribution < -0.4 is 19.5 Å². The number of nitrogens with zero attached hydrogens (tertiary/aromatic N) is 2. The molecule has 1 N–H and O–H groups in total. The van der Waals surface area contributed by atoms with E-state index in [1.807, 2.05) is 77.7 Å². The summed E-state index contributed by atoms with van der Waals surface area (Å²) < 4.78 is 16.5. The third-order valence-corrected chi connectivity index (χ3v) is 9.22. The van der Waals surface area contributed by atoms with E-state index in [9.17, 15) is 9.59 Å². The standard InChI is InChI=1S/C38H39N3O6/c1-45-29-17-14-26(15-18-29)34-33(36(42)27-12-8-5-9-13-27)32(25-10-6-4-7-11-25)35(38(44)40-22-20-39-21-23-40)41(34)37(43)28-16-19-30(46-2)31(24-28)47-3/h4-19,24,32-35,39H,20-23H2,1-3H3. The number of benzene rings is 4. The van der Waals surface area contributed by atoms with Gasteiger partial charge in [0.15, 0.2) is 17.3 Å². The summed E-state index contributed by atoms with van der Waals surface area (Å²) in [4.78, 5) is 48.2. The van der Waals surface area contributed by atoms with Crippen LogP contribution >= 0.6 is 0 Å². The number of nitrogens with one attached hydrogen (secondary N) is 1. The van der Waals surface area contributed by atoms with E-state index in [0.717, 1.165) is 11.1 Å². The maximum absolute atomic E-state index is 15.0. The molecule has 9 nitrogen and oxygen atoms in total. The maximum Gasteiger partial charge on any atom is 0.255 e. The van der Waals surface area contributed by atoms with Crippen LogP contribution in [0.1, 0.15) is 43.8 Å². The van der Waals surface area contributed by atoms with Crippen LogP contribution in [0.5, 0.6) is 17.2 Å². The van der Waals surface area contributed by atoms with Crippen LogP contribution in [0.2, 0.25) is 0 Å². The molecule has 2 fully saturated rings. The lowest BCUT2D eigenvalue weighted by molar-refractivity contribution is -0.136. The fourth-order valence-corrected chi connectivity index (χ4v) is 6.96. The molecule has 4 unspecified atom stereocenters. The Morgan fingerprint density at radius 2 is 1.32 bits per heavy atom. The summed E-state index contributed by atoms with van der Waals surface area (Å²) in [5.74, 6) is -0.619. The summed E-state index contributed by atoms with van der Waals surface area (Å²) in [6.07, 6.45) is 0. The first-order valence-corrected chi connectivity index (χ1v) is 15.8. The zero-order chi connectivity index (χ0) is 32.9. The highest BCUT2D eigenvalue weighted by molar-refractivity contribution is 6.04. The molecule has 242 valence electrons. The third-order valence-electron chi connectivity index (χ3n) is 9.22. The van der Waals surface area contributed by atoms with Crippen molar-refractivity contribution >= 4 is 17.6 Å². The molecule has 2 saturated heterocycles. The zero-order valence-electron chi connectivity index (χ0n) is 26.8. The van der Waals surface area contributed by atoms with E-state index in [0.29, 0.717) is 54.6 Å². The molecule has 0 aromatic heterocycles. The van der Waals surface area contributed by atoms with Crippen LogP contribution in [-0.4, -0.2) is 80.9 Å². The summed E-state index contributed by atoms with van der Waals surface area (Å²) >= 11 is 0. The molecule has 0 spiro atoms. The molecule has 2 aliphatic rings. The van der Waals surface area contributed by atoms with Crippen molar-refractivity contribution in [2.24, 2.45) is 5.92 Å². The zero-order valence-corrected chi connectivity index (χ0v) is 26.8. The Bertz CT molecular complexity index is 1710. The summed E-state index contributed by atoms with van der Waals surface area (Å²) in [7, 11) is 4.64. The number of piperazine rings is 1. The number of carbonyl (C=O) groups excluding carboxylic acids is 3. The van der Waals surface area contributed by atoms with Gasteiger partial charge in [0, 0.05) is 43.2 Å². The van der Waals surface area contributed by atoms with Crippen molar-refractivity contribution in [2.75, 3.05) is 47.5 Å². The smallest absolute Gasteiger partial charge is 0.255 e. The third kappa shape index (κ3) is 6.18. The predicted molar refractivity (Wildman–Crippen MR) is 178 cm³/mol. The Kier molecular flexibility index (Phi) is 9.54. The summed E-state index contributed by atoms with van der Waals surface area (Å²) in [5.41, 5.74) is 2.38. The second-order valence-electron chi connectivity index (χ2n) is 11.7. The van der Waals surface area contributed by atoms with Crippen molar-refractivity contribution in [2.45, 2.75) is 18.0 Å². The van der Waals surface area contributed by atoms with E-state index < -0.39 is 23.9 Å². The van der Waals surface area contributed by atoms with Gasteiger partial charge in [-0.15, -0.1) is 0 Å². The molecular weight excluding hydrogens is 594 g/mol. The minimum atomic E-state index is -0.971. The Labute approximate surface area is 275 Å². The maximum atomic E-state index is 15.0. The lowest BCUT2D eigenvalue weighted by Crippen LogP contribution is -2.54. The molecule has 47 heavy (non-hydrogen) atoms. The highest BCUT2D eigenvalue weighted by Gasteiger charge is 2.58. The van der Waals surface area contributed by atoms with Crippen molar-refractivity contribution in [1.29, 1.82) is 0 Å². The van der Waals surface area contributed by atoms with Gasteiger partial charge in [-0.3, -0.25) is 14.4 Å². The molecule has 0 radical (unpaired) electrons.